The summed E-state index contributed by atoms with van der Waals surface area (Å²) in [6.45, 7) is 10.4. The normalized spacial score (nSPS) is 11.3. The molecule has 19 heavy (non-hydrogen) atoms. The summed E-state index contributed by atoms with van der Waals surface area (Å²) < 4.78 is 1.74. The SMILES string of the molecule is CC(C)Cn1ccnc(N(CCCN)C(C)C)c1=O. The largest absolute Gasteiger partial charge is 0.350 e. The Kier molecular flexibility index (Phi) is 6.02. The number of hydrogen-bond acceptors (Lipinski definition) is 4. The van der Waals surface area contributed by atoms with Crippen molar-refractivity contribution >= 4 is 5.82 Å². The van der Waals surface area contributed by atoms with Crippen LogP contribution in [0.4, 0.5) is 5.82 Å². The molecule has 0 unspecified atom stereocenters. The van der Waals surface area contributed by atoms with Crippen LogP contribution in [0, 0.1) is 5.92 Å². The summed E-state index contributed by atoms with van der Waals surface area (Å²) in [7, 11) is 0. The molecule has 0 radical (unpaired) electrons. The van der Waals surface area contributed by atoms with Gasteiger partial charge in [-0.2, -0.15) is 0 Å². The van der Waals surface area contributed by atoms with Crippen LogP contribution >= 0.6 is 0 Å². The van der Waals surface area contributed by atoms with Crippen molar-refractivity contribution in [3.63, 3.8) is 0 Å². The summed E-state index contributed by atoms with van der Waals surface area (Å²) in [4.78, 5) is 18.7. The smallest absolute Gasteiger partial charge is 0.293 e. The molecule has 0 aliphatic heterocycles. The number of rotatable bonds is 7. The quantitative estimate of drug-likeness (QED) is 0.811. The average Bonchev–Trinajstić information content (AvgIpc) is 2.33. The van der Waals surface area contributed by atoms with Crippen molar-refractivity contribution in [2.45, 2.75) is 46.7 Å². The Bertz CT molecular complexity index is 439. The maximum atomic E-state index is 12.4. The Balaban J connectivity index is 3.06. The van der Waals surface area contributed by atoms with Crippen LogP contribution in [-0.4, -0.2) is 28.7 Å². The van der Waals surface area contributed by atoms with Gasteiger partial charge < -0.3 is 15.2 Å². The Hall–Kier alpha value is -1.36. The van der Waals surface area contributed by atoms with E-state index in [-0.39, 0.29) is 11.6 Å². The van der Waals surface area contributed by atoms with Crippen LogP contribution in [-0.2, 0) is 6.54 Å². The number of hydrogen-bond donors (Lipinski definition) is 1. The van der Waals surface area contributed by atoms with Crippen molar-refractivity contribution in [2.24, 2.45) is 11.7 Å². The second kappa shape index (κ2) is 7.28. The van der Waals surface area contributed by atoms with E-state index in [1.165, 1.54) is 0 Å². The van der Waals surface area contributed by atoms with Gasteiger partial charge in [0.15, 0.2) is 5.82 Å². The molecule has 0 atom stereocenters. The molecule has 0 saturated carbocycles. The molecule has 0 aromatic carbocycles. The van der Waals surface area contributed by atoms with Crippen molar-refractivity contribution in [2.75, 3.05) is 18.0 Å². The zero-order valence-electron chi connectivity index (χ0n) is 12.5. The molecule has 1 aromatic heterocycles. The second-order valence-electron chi connectivity index (χ2n) is 5.53. The first-order valence-corrected chi connectivity index (χ1v) is 6.99. The minimum Gasteiger partial charge on any atom is -0.350 e. The molecule has 2 N–H and O–H groups in total. The third-order valence-electron chi connectivity index (χ3n) is 2.96. The third-order valence-corrected chi connectivity index (χ3v) is 2.96. The molecule has 0 fully saturated rings. The average molecular weight is 266 g/mol. The lowest BCUT2D eigenvalue weighted by Gasteiger charge is -2.27. The Morgan fingerprint density at radius 3 is 2.58 bits per heavy atom. The molecule has 1 aromatic rings. The van der Waals surface area contributed by atoms with Gasteiger partial charge in [-0.15, -0.1) is 0 Å². The van der Waals surface area contributed by atoms with E-state index in [1.54, 1.807) is 17.0 Å². The van der Waals surface area contributed by atoms with E-state index < -0.39 is 0 Å². The molecular formula is C14H26N4O. The summed E-state index contributed by atoms with van der Waals surface area (Å²) in [6.07, 6.45) is 4.32. The minimum absolute atomic E-state index is 0.0121. The van der Waals surface area contributed by atoms with Crippen LogP contribution in [0.5, 0.6) is 0 Å². The molecule has 5 nitrogen and oxygen atoms in total. The van der Waals surface area contributed by atoms with Gasteiger partial charge in [0, 0.05) is 31.5 Å². The zero-order chi connectivity index (χ0) is 14.4. The van der Waals surface area contributed by atoms with E-state index in [9.17, 15) is 4.79 Å². The number of nitrogens with two attached hydrogens (primary N) is 1. The molecule has 1 rings (SSSR count). The van der Waals surface area contributed by atoms with Gasteiger partial charge in [-0.1, -0.05) is 13.8 Å². The Morgan fingerprint density at radius 2 is 2.05 bits per heavy atom. The van der Waals surface area contributed by atoms with E-state index in [1.807, 2.05) is 4.90 Å². The molecule has 108 valence electrons. The lowest BCUT2D eigenvalue weighted by Crippen LogP contribution is -2.39. The Labute approximate surface area is 115 Å². The number of aromatic nitrogens is 2. The Morgan fingerprint density at radius 1 is 1.37 bits per heavy atom. The van der Waals surface area contributed by atoms with Crippen molar-refractivity contribution in [1.29, 1.82) is 0 Å². The summed E-state index contributed by atoms with van der Waals surface area (Å²) in [5.41, 5.74) is 5.55. The van der Waals surface area contributed by atoms with Crippen LogP contribution < -0.4 is 16.2 Å². The monoisotopic (exact) mass is 266 g/mol. The van der Waals surface area contributed by atoms with E-state index in [0.29, 0.717) is 18.3 Å². The highest BCUT2D eigenvalue weighted by Gasteiger charge is 2.16. The number of anilines is 1. The minimum atomic E-state index is -0.0121. The van der Waals surface area contributed by atoms with E-state index in [2.05, 4.69) is 32.7 Å². The number of nitrogens with zero attached hydrogens (tertiary/aromatic N) is 3. The van der Waals surface area contributed by atoms with Gasteiger partial charge in [-0.25, -0.2) is 4.98 Å². The van der Waals surface area contributed by atoms with Crippen LogP contribution in [0.25, 0.3) is 0 Å². The van der Waals surface area contributed by atoms with Crippen LogP contribution in [0.3, 0.4) is 0 Å². The maximum Gasteiger partial charge on any atom is 0.293 e. The molecule has 5 heteroatoms. The van der Waals surface area contributed by atoms with Gasteiger partial charge in [-0.05, 0) is 32.7 Å². The lowest BCUT2D eigenvalue weighted by atomic mass is 10.2. The van der Waals surface area contributed by atoms with Gasteiger partial charge >= 0.3 is 0 Å². The molecule has 1 heterocycles. The zero-order valence-corrected chi connectivity index (χ0v) is 12.5. The van der Waals surface area contributed by atoms with Gasteiger partial charge in [0.25, 0.3) is 5.56 Å². The first kappa shape index (κ1) is 15.7. The molecular weight excluding hydrogens is 240 g/mol. The van der Waals surface area contributed by atoms with Crippen molar-refractivity contribution < 1.29 is 0 Å². The van der Waals surface area contributed by atoms with Crippen molar-refractivity contribution in [3.05, 3.63) is 22.7 Å². The predicted molar refractivity (Wildman–Crippen MR) is 79.5 cm³/mol. The lowest BCUT2D eigenvalue weighted by molar-refractivity contribution is 0.506. The van der Waals surface area contributed by atoms with Gasteiger partial charge in [-0.3, -0.25) is 4.79 Å². The van der Waals surface area contributed by atoms with Crippen molar-refractivity contribution in [3.8, 4) is 0 Å². The first-order chi connectivity index (χ1) is 8.97. The highest BCUT2D eigenvalue weighted by atomic mass is 16.1. The molecule has 0 aliphatic rings. The van der Waals surface area contributed by atoms with E-state index >= 15 is 0 Å². The van der Waals surface area contributed by atoms with Gasteiger partial charge in [0.05, 0.1) is 0 Å². The summed E-state index contributed by atoms with van der Waals surface area (Å²) in [6, 6.07) is 0.238. The van der Waals surface area contributed by atoms with Crippen molar-refractivity contribution in [1.82, 2.24) is 9.55 Å². The molecule has 0 spiro atoms. The summed E-state index contributed by atoms with van der Waals surface area (Å²) in [5.74, 6) is 0.969. The predicted octanol–water partition coefficient (Wildman–Crippen LogP) is 1.46. The molecule has 0 bridgehead atoms. The summed E-state index contributed by atoms with van der Waals surface area (Å²) in [5, 5.41) is 0. The van der Waals surface area contributed by atoms with E-state index in [0.717, 1.165) is 19.5 Å². The first-order valence-electron chi connectivity index (χ1n) is 6.99. The molecule has 0 aliphatic carbocycles. The topological polar surface area (TPSA) is 64.2 Å². The highest BCUT2D eigenvalue weighted by molar-refractivity contribution is 5.36. The van der Waals surface area contributed by atoms with Crippen LogP contribution in [0.1, 0.15) is 34.1 Å². The molecule has 0 saturated heterocycles. The van der Waals surface area contributed by atoms with Crippen LogP contribution in [0.15, 0.2) is 17.2 Å². The fraction of sp³-hybridized carbons (Fsp3) is 0.714. The van der Waals surface area contributed by atoms with E-state index in [4.69, 9.17) is 5.73 Å². The fourth-order valence-electron chi connectivity index (χ4n) is 2.04. The third kappa shape index (κ3) is 4.35. The summed E-state index contributed by atoms with van der Waals surface area (Å²) >= 11 is 0. The molecule has 0 amide bonds. The van der Waals surface area contributed by atoms with Crippen LogP contribution in [0.2, 0.25) is 0 Å². The second-order valence-corrected chi connectivity index (χ2v) is 5.53. The van der Waals surface area contributed by atoms with Gasteiger partial charge in [0.1, 0.15) is 0 Å². The highest BCUT2D eigenvalue weighted by Crippen LogP contribution is 2.09. The maximum absolute atomic E-state index is 12.4. The van der Waals surface area contributed by atoms with Gasteiger partial charge in [0.2, 0.25) is 0 Å². The fourth-order valence-corrected chi connectivity index (χ4v) is 2.04. The standard InChI is InChI=1S/C14H26N4O/c1-11(2)10-17-9-7-16-13(14(17)19)18(12(3)4)8-5-6-15/h7,9,11-12H,5-6,8,10,15H2,1-4H3.